The van der Waals surface area contributed by atoms with Gasteiger partial charge in [0.1, 0.15) is 18.2 Å². The third-order valence-electron chi connectivity index (χ3n) is 6.72. The number of halogens is 2. The fourth-order valence-electron chi connectivity index (χ4n) is 5.17. The standard InChI is InChI=1S/C24H21F2NO3/c1-14-9-18(17-8-7-16(25)11-21(17)26)19(10-14)22(28)27-23(29)30-13-24(27)12-20(24)15-5-3-2-4-6-15/h2-8,11,18-20H,1,9-10,12-13H2/t18-,19+,20?,24?/m0/s1. The molecule has 1 aliphatic heterocycles. The number of allylic oxidation sites excluding steroid dienone is 1. The van der Waals surface area contributed by atoms with Gasteiger partial charge in [-0.25, -0.2) is 18.5 Å². The number of hydrogen-bond acceptors (Lipinski definition) is 3. The van der Waals surface area contributed by atoms with Gasteiger partial charge in [-0.15, -0.1) is 0 Å². The van der Waals surface area contributed by atoms with Gasteiger partial charge in [0, 0.05) is 23.8 Å². The third-order valence-corrected chi connectivity index (χ3v) is 6.72. The highest BCUT2D eigenvalue weighted by atomic mass is 19.1. The number of ether oxygens (including phenoxy) is 1. The number of nitrogens with zero attached hydrogens (tertiary/aromatic N) is 1. The fourth-order valence-corrected chi connectivity index (χ4v) is 5.17. The summed E-state index contributed by atoms with van der Waals surface area (Å²) in [6.45, 7) is 4.15. The van der Waals surface area contributed by atoms with Gasteiger partial charge in [0.2, 0.25) is 5.91 Å². The number of carbonyl (C=O) groups is 2. The quantitative estimate of drug-likeness (QED) is 0.676. The summed E-state index contributed by atoms with van der Waals surface area (Å²) in [6.07, 6.45) is 0.805. The predicted molar refractivity (Wildman–Crippen MR) is 106 cm³/mol. The van der Waals surface area contributed by atoms with Crippen LogP contribution in [-0.2, 0) is 9.53 Å². The Morgan fingerprint density at radius 1 is 1.13 bits per heavy atom. The Balaban J connectivity index is 1.46. The number of imide groups is 1. The average Bonchev–Trinajstić information content (AvgIpc) is 3.17. The molecule has 0 N–H and O–H groups in total. The van der Waals surface area contributed by atoms with E-state index in [9.17, 15) is 18.4 Å². The lowest BCUT2D eigenvalue weighted by Crippen LogP contribution is -2.45. The lowest BCUT2D eigenvalue weighted by atomic mass is 9.87. The van der Waals surface area contributed by atoms with Gasteiger partial charge in [-0.1, -0.05) is 48.6 Å². The fraction of sp³-hybridized carbons (Fsp3) is 0.333. The second kappa shape index (κ2) is 6.76. The van der Waals surface area contributed by atoms with E-state index in [4.69, 9.17) is 4.74 Å². The van der Waals surface area contributed by atoms with E-state index in [0.717, 1.165) is 17.2 Å². The summed E-state index contributed by atoms with van der Waals surface area (Å²) < 4.78 is 33.2. The molecule has 3 aliphatic rings. The SMILES string of the molecule is C=C1C[C@@H](C(=O)N2C(=O)OCC23CC3c2ccccc2)[C@H](c2ccc(F)cc2F)C1. The molecular weight excluding hydrogens is 388 g/mol. The minimum absolute atomic E-state index is 0.0275. The Morgan fingerprint density at radius 3 is 2.63 bits per heavy atom. The van der Waals surface area contributed by atoms with Gasteiger partial charge in [0.05, 0.1) is 5.54 Å². The molecule has 0 bridgehead atoms. The summed E-state index contributed by atoms with van der Waals surface area (Å²) >= 11 is 0. The van der Waals surface area contributed by atoms with Crippen molar-refractivity contribution >= 4 is 12.0 Å². The molecule has 154 valence electrons. The highest BCUT2D eigenvalue weighted by molar-refractivity contribution is 5.97. The van der Waals surface area contributed by atoms with Gasteiger partial charge in [0.25, 0.3) is 0 Å². The molecule has 4 atom stereocenters. The Labute approximate surface area is 173 Å². The molecule has 2 saturated carbocycles. The van der Waals surface area contributed by atoms with Crippen LogP contribution in [0, 0.1) is 17.6 Å². The molecule has 1 spiro atoms. The zero-order valence-corrected chi connectivity index (χ0v) is 16.3. The molecular formula is C24H21F2NO3. The minimum Gasteiger partial charge on any atom is -0.447 e. The number of cyclic esters (lactones) is 1. The van der Waals surface area contributed by atoms with Gasteiger partial charge in [-0.05, 0) is 36.5 Å². The average molecular weight is 409 g/mol. The first-order chi connectivity index (χ1) is 14.4. The van der Waals surface area contributed by atoms with Gasteiger partial charge in [-0.2, -0.15) is 0 Å². The summed E-state index contributed by atoms with van der Waals surface area (Å²) in [5.41, 5.74) is 1.49. The molecule has 0 radical (unpaired) electrons. The van der Waals surface area contributed by atoms with E-state index < -0.39 is 35.1 Å². The van der Waals surface area contributed by atoms with Crippen molar-refractivity contribution in [3.63, 3.8) is 0 Å². The summed E-state index contributed by atoms with van der Waals surface area (Å²) in [4.78, 5) is 27.4. The maximum atomic E-state index is 14.5. The largest absolute Gasteiger partial charge is 0.447 e. The summed E-state index contributed by atoms with van der Waals surface area (Å²) in [5, 5.41) is 0. The van der Waals surface area contributed by atoms with Gasteiger partial charge in [-0.3, -0.25) is 4.79 Å². The molecule has 2 unspecified atom stereocenters. The van der Waals surface area contributed by atoms with Crippen LogP contribution in [0.3, 0.4) is 0 Å². The normalized spacial score (nSPS) is 30.1. The molecule has 2 aromatic carbocycles. The summed E-state index contributed by atoms with van der Waals surface area (Å²) in [7, 11) is 0. The Hall–Kier alpha value is -3.02. The van der Waals surface area contributed by atoms with Gasteiger partial charge >= 0.3 is 6.09 Å². The molecule has 3 fully saturated rings. The van der Waals surface area contributed by atoms with E-state index in [1.165, 1.54) is 17.0 Å². The molecule has 4 nitrogen and oxygen atoms in total. The Kier molecular flexibility index (Phi) is 4.27. The van der Waals surface area contributed by atoms with Crippen LogP contribution in [0.4, 0.5) is 13.6 Å². The second-order valence-electron chi connectivity index (χ2n) is 8.54. The molecule has 2 aromatic rings. The first-order valence-electron chi connectivity index (χ1n) is 10.1. The number of rotatable bonds is 3. The van der Waals surface area contributed by atoms with Crippen molar-refractivity contribution in [2.24, 2.45) is 5.92 Å². The molecule has 1 heterocycles. The van der Waals surface area contributed by atoms with Gasteiger partial charge in [0.15, 0.2) is 0 Å². The maximum Gasteiger partial charge on any atom is 0.417 e. The number of benzene rings is 2. The second-order valence-corrected chi connectivity index (χ2v) is 8.54. The Morgan fingerprint density at radius 2 is 1.90 bits per heavy atom. The lowest BCUT2D eigenvalue weighted by Gasteiger charge is -2.27. The molecule has 2 amide bonds. The first-order valence-corrected chi connectivity index (χ1v) is 10.1. The smallest absolute Gasteiger partial charge is 0.417 e. The van der Waals surface area contributed by atoms with E-state index in [0.29, 0.717) is 19.3 Å². The van der Waals surface area contributed by atoms with E-state index in [2.05, 4.69) is 6.58 Å². The van der Waals surface area contributed by atoms with Crippen molar-refractivity contribution in [1.82, 2.24) is 4.90 Å². The first kappa shape index (κ1) is 19.0. The van der Waals surface area contributed by atoms with E-state index in [1.807, 2.05) is 30.3 Å². The molecule has 6 heteroatoms. The third kappa shape index (κ3) is 2.85. The number of carbonyl (C=O) groups excluding carboxylic acids is 2. The van der Waals surface area contributed by atoms with Crippen LogP contribution >= 0.6 is 0 Å². The minimum atomic E-state index is -0.681. The Bertz CT molecular complexity index is 1050. The van der Waals surface area contributed by atoms with Crippen LogP contribution in [0.25, 0.3) is 0 Å². The molecule has 2 aliphatic carbocycles. The number of hydrogen-bond donors (Lipinski definition) is 0. The van der Waals surface area contributed by atoms with E-state index in [1.54, 1.807) is 0 Å². The molecule has 0 aromatic heterocycles. The van der Waals surface area contributed by atoms with Crippen LogP contribution in [0.15, 0.2) is 60.7 Å². The van der Waals surface area contributed by atoms with Crippen molar-refractivity contribution in [3.8, 4) is 0 Å². The van der Waals surface area contributed by atoms with Crippen LogP contribution in [0.2, 0.25) is 0 Å². The van der Waals surface area contributed by atoms with E-state index >= 15 is 0 Å². The topological polar surface area (TPSA) is 46.6 Å². The van der Waals surface area contributed by atoms with Crippen LogP contribution in [0.5, 0.6) is 0 Å². The van der Waals surface area contributed by atoms with Crippen molar-refractivity contribution in [2.45, 2.75) is 36.6 Å². The van der Waals surface area contributed by atoms with E-state index in [-0.39, 0.29) is 24.0 Å². The lowest BCUT2D eigenvalue weighted by molar-refractivity contribution is -0.134. The van der Waals surface area contributed by atoms with Gasteiger partial charge < -0.3 is 4.74 Å². The monoisotopic (exact) mass is 409 g/mol. The molecule has 1 saturated heterocycles. The molecule has 30 heavy (non-hydrogen) atoms. The van der Waals surface area contributed by atoms with Crippen LogP contribution in [-0.4, -0.2) is 29.0 Å². The predicted octanol–water partition coefficient (Wildman–Crippen LogP) is 4.92. The summed E-state index contributed by atoms with van der Waals surface area (Å²) in [5.74, 6) is -2.79. The summed E-state index contributed by atoms with van der Waals surface area (Å²) in [6, 6.07) is 13.2. The van der Waals surface area contributed by atoms with Crippen LogP contribution < -0.4 is 0 Å². The maximum absolute atomic E-state index is 14.5. The van der Waals surface area contributed by atoms with Crippen molar-refractivity contribution in [1.29, 1.82) is 0 Å². The number of amides is 2. The zero-order valence-electron chi connectivity index (χ0n) is 16.3. The van der Waals surface area contributed by atoms with Crippen molar-refractivity contribution in [3.05, 3.63) is 83.4 Å². The highest BCUT2D eigenvalue weighted by Crippen LogP contribution is 2.59. The van der Waals surface area contributed by atoms with Crippen molar-refractivity contribution < 1.29 is 23.1 Å². The van der Waals surface area contributed by atoms with Crippen LogP contribution in [0.1, 0.15) is 42.2 Å². The zero-order chi connectivity index (χ0) is 21.0. The van der Waals surface area contributed by atoms with Crippen molar-refractivity contribution in [2.75, 3.05) is 6.61 Å². The molecule has 5 rings (SSSR count). The highest BCUT2D eigenvalue weighted by Gasteiger charge is 2.67.